The SMILES string of the molecule is CCN(C(C)COC)C1(CN)CCCC1S(C)(=O)=O. The molecule has 1 aliphatic carbocycles. The van der Waals surface area contributed by atoms with Crippen molar-refractivity contribution in [2.45, 2.75) is 49.9 Å². The number of hydrogen-bond donors (Lipinski definition) is 1. The van der Waals surface area contributed by atoms with Crippen molar-refractivity contribution in [1.29, 1.82) is 0 Å². The predicted octanol–water partition coefficient (Wildman–Crippen LogP) is 0.638. The highest BCUT2D eigenvalue weighted by molar-refractivity contribution is 7.91. The van der Waals surface area contributed by atoms with Crippen LogP contribution < -0.4 is 5.73 Å². The van der Waals surface area contributed by atoms with Crippen molar-refractivity contribution in [2.24, 2.45) is 5.73 Å². The van der Waals surface area contributed by atoms with Gasteiger partial charge in [0.2, 0.25) is 0 Å². The van der Waals surface area contributed by atoms with Crippen LogP contribution in [0, 0.1) is 0 Å². The summed E-state index contributed by atoms with van der Waals surface area (Å²) in [5, 5.41) is -0.357. The van der Waals surface area contributed by atoms with Gasteiger partial charge in [-0.3, -0.25) is 4.90 Å². The number of ether oxygens (including phenoxy) is 1. The van der Waals surface area contributed by atoms with Crippen molar-refractivity contribution in [3.63, 3.8) is 0 Å². The maximum atomic E-state index is 12.1. The average Bonchev–Trinajstić information content (AvgIpc) is 2.75. The average molecular weight is 292 g/mol. The summed E-state index contributed by atoms with van der Waals surface area (Å²) in [5.74, 6) is 0. The minimum absolute atomic E-state index is 0.167. The number of hydrogen-bond acceptors (Lipinski definition) is 5. The van der Waals surface area contributed by atoms with Gasteiger partial charge in [0.1, 0.15) is 0 Å². The third-order valence-electron chi connectivity index (χ3n) is 4.40. The Balaban J connectivity index is 3.13. The van der Waals surface area contributed by atoms with Crippen molar-refractivity contribution in [2.75, 3.05) is 33.1 Å². The van der Waals surface area contributed by atoms with Crippen LogP contribution in [0.4, 0.5) is 0 Å². The molecule has 5 nitrogen and oxygen atoms in total. The Hall–Kier alpha value is -0.170. The molecule has 1 fully saturated rings. The number of nitrogens with two attached hydrogens (primary N) is 1. The van der Waals surface area contributed by atoms with Crippen LogP contribution in [0.3, 0.4) is 0 Å². The molecule has 0 aromatic carbocycles. The molecule has 2 N–H and O–H groups in total. The number of rotatable bonds is 7. The summed E-state index contributed by atoms with van der Waals surface area (Å²) in [4.78, 5) is 2.23. The second-order valence-electron chi connectivity index (χ2n) is 5.61. The van der Waals surface area contributed by atoms with Gasteiger partial charge >= 0.3 is 0 Å². The highest BCUT2D eigenvalue weighted by atomic mass is 32.2. The summed E-state index contributed by atoms with van der Waals surface area (Å²) < 4.78 is 29.4. The molecule has 3 unspecified atom stereocenters. The van der Waals surface area contributed by atoms with E-state index >= 15 is 0 Å². The fourth-order valence-corrected chi connectivity index (χ4v) is 5.45. The zero-order valence-electron chi connectivity index (χ0n) is 12.6. The summed E-state index contributed by atoms with van der Waals surface area (Å²) in [5.41, 5.74) is 5.59. The van der Waals surface area contributed by atoms with Gasteiger partial charge in [-0.15, -0.1) is 0 Å². The van der Waals surface area contributed by atoms with Crippen LogP contribution in [0.5, 0.6) is 0 Å². The summed E-state index contributed by atoms with van der Waals surface area (Å²) in [7, 11) is -1.42. The van der Waals surface area contributed by atoms with Crippen LogP contribution in [0.1, 0.15) is 33.1 Å². The quantitative estimate of drug-likeness (QED) is 0.745. The first-order chi connectivity index (χ1) is 8.83. The largest absolute Gasteiger partial charge is 0.383 e. The minimum Gasteiger partial charge on any atom is -0.383 e. The zero-order chi connectivity index (χ0) is 14.7. The first-order valence-electron chi connectivity index (χ1n) is 6.98. The molecule has 1 rings (SSSR count). The predicted molar refractivity (Wildman–Crippen MR) is 78.0 cm³/mol. The van der Waals surface area contributed by atoms with Crippen molar-refractivity contribution >= 4 is 9.84 Å². The van der Waals surface area contributed by atoms with Gasteiger partial charge in [-0.1, -0.05) is 13.3 Å². The third kappa shape index (κ3) is 3.29. The van der Waals surface area contributed by atoms with Crippen LogP contribution in [0.2, 0.25) is 0 Å². The van der Waals surface area contributed by atoms with Crippen LogP contribution in [0.15, 0.2) is 0 Å². The summed E-state index contributed by atoms with van der Waals surface area (Å²) >= 11 is 0. The lowest BCUT2D eigenvalue weighted by atomic mass is 9.93. The maximum absolute atomic E-state index is 12.1. The smallest absolute Gasteiger partial charge is 0.152 e. The van der Waals surface area contributed by atoms with E-state index in [4.69, 9.17) is 10.5 Å². The molecule has 1 aliphatic rings. The molecule has 0 heterocycles. The Kier molecular flexibility index (Phi) is 5.79. The van der Waals surface area contributed by atoms with Gasteiger partial charge in [-0.25, -0.2) is 8.42 Å². The second-order valence-corrected chi connectivity index (χ2v) is 7.84. The lowest BCUT2D eigenvalue weighted by molar-refractivity contribution is 0.0249. The Morgan fingerprint density at radius 2 is 2.16 bits per heavy atom. The Bertz CT molecular complexity index is 385. The van der Waals surface area contributed by atoms with Gasteiger partial charge < -0.3 is 10.5 Å². The maximum Gasteiger partial charge on any atom is 0.152 e. The monoisotopic (exact) mass is 292 g/mol. The van der Waals surface area contributed by atoms with Gasteiger partial charge in [-0.2, -0.15) is 0 Å². The van der Waals surface area contributed by atoms with Crippen molar-refractivity contribution in [3.8, 4) is 0 Å². The van der Waals surface area contributed by atoms with Gasteiger partial charge in [-0.05, 0) is 26.3 Å². The first kappa shape index (κ1) is 16.9. The molecule has 3 atom stereocenters. The number of nitrogens with zero attached hydrogens (tertiary/aromatic N) is 1. The highest BCUT2D eigenvalue weighted by Crippen LogP contribution is 2.39. The van der Waals surface area contributed by atoms with E-state index in [9.17, 15) is 8.42 Å². The van der Waals surface area contributed by atoms with E-state index in [0.29, 0.717) is 19.6 Å². The summed E-state index contributed by atoms with van der Waals surface area (Å²) in [6.45, 7) is 5.88. The van der Waals surface area contributed by atoms with E-state index in [1.807, 2.05) is 0 Å². The molecule has 0 aromatic rings. The topological polar surface area (TPSA) is 72.6 Å². The Labute approximate surface area is 117 Å². The van der Waals surface area contributed by atoms with Crippen LogP contribution in [0.25, 0.3) is 0 Å². The molecular formula is C13H28N2O3S. The first-order valence-corrected chi connectivity index (χ1v) is 8.93. The summed E-state index contributed by atoms with van der Waals surface area (Å²) in [6, 6.07) is 0.167. The van der Waals surface area contributed by atoms with Crippen molar-refractivity contribution in [3.05, 3.63) is 0 Å². The number of sulfone groups is 1. The normalized spacial score (nSPS) is 29.9. The molecular weight excluding hydrogens is 264 g/mol. The van der Waals surface area contributed by atoms with Crippen LogP contribution >= 0.6 is 0 Å². The molecule has 19 heavy (non-hydrogen) atoms. The van der Waals surface area contributed by atoms with Gasteiger partial charge in [0, 0.05) is 26.0 Å². The van der Waals surface area contributed by atoms with E-state index in [-0.39, 0.29) is 11.3 Å². The highest BCUT2D eigenvalue weighted by Gasteiger charge is 2.51. The van der Waals surface area contributed by atoms with Gasteiger partial charge in [0.15, 0.2) is 9.84 Å². The van der Waals surface area contributed by atoms with E-state index in [1.54, 1.807) is 7.11 Å². The van der Waals surface area contributed by atoms with Gasteiger partial charge in [0.25, 0.3) is 0 Å². The molecule has 114 valence electrons. The van der Waals surface area contributed by atoms with Crippen molar-refractivity contribution < 1.29 is 13.2 Å². The molecule has 6 heteroatoms. The van der Waals surface area contributed by atoms with Crippen LogP contribution in [-0.2, 0) is 14.6 Å². The molecule has 1 saturated carbocycles. The van der Waals surface area contributed by atoms with E-state index in [1.165, 1.54) is 6.26 Å². The molecule has 0 radical (unpaired) electrons. The molecule has 0 saturated heterocycles. The Morgan fingerprint density at radius 1 is 1.53 bits per heavy atom. The minimum atomic E-state index is -3.09. The van der Waals surface area contributed by atoms with E-state index in [0.717, 1.165) is 19.4 Å². The number of likely N-dealkylation sites (N-methyl/N-ethyl adjacent to an activating group) is 1. The lowest BCUT2D eigenvalue weighted by Crippen LogP contribution is -2.63. The van der Waals surface area contributed by atoms with E-state index in [2.05, 4.69) is 18.7 Å². The molecule has 0 aromatic heterocycles. The fourth-order valence-electron chi connectivity index (χ4n) is 3.71. The lowest BCUT2D eigenvalue weighted by Gasteiger charge is -2.46. The summed E-state index contributed by atoms with van der Waals surface area (Å²) in [6.07, 6.45) is 3.82. The fraction of sp³-hybridized carbons (Fsp3) is 1.00. The van der Waals surface area contributed by atoms with Gasteiger partial charge in [0.05, 0.1) is 17.4 Å². The molecule has 0 amide bonds. The standard InChI is InChI=1S/C13H28N2O3S/c1-5-15(11(2)9-18-3)13(10-14)8-6-7-12(13)19(4,16)17/h11-12H,5-10,14H2,1-4H3. The molecule has 0 bridgehead atoms. The number of methoxy groups -OCH3 is 1. The third-order valence-corrected chi connectivity index (χ3v) is 6.11. The molecule has 0 spiro atoms. The molecule has 0 aliphatic heterocycles. The second kappa shape index (κ2) is 6.52. The van der Waals surface area contributed by atoms with E-state index < -0.39 is 15.4 Å². The van der Waals surface area contributed by atoms with Crippen molar-refractivity contribution in [1.82, 2.24) is 4.90 Å². The zero-order valence-corrected chi connectivity index (χ0v) is 13.4. The van der Waals surface area contributed by atoms with Crippen LogP contribution in [-0.4, -0.2) is 63.2 Å². The Morgan fingerprint density at radius 3 is 2.58 bits per heavy atom.